The highest BCUT2D eigenvalue weighted by Crippen LogP contribution is 2.59. The van der Waals surface area contributed by atoms with E-state index >= 15 is 0 Å². The summed E-state index contributed by atoms with van der Waals surface area (Å²) in [7, 11) is -9.98. The zero-order valence-electron chi connectivity index (χ0n) is 8.76. The van der Waals surface area contributed by atoms with Crippen molar-refractivity contribution in [2.75, 3.05) is 5.32 Å². The Morgan fingerprint density at radius 1 is 1.18 bits per heavy atom. The predicted molar refractivity (Wildman–Crippen MR) is 60.5 cm³/mol. The summed E-state index contributed by atoms with van der Waals surface area (Å²) in [6.45, 7) is 1.75. The van der Waals surface area contributed by atoms with Gasteiger partial charge in [0.1, 0.15) is 5.82 Å². The van der Waals surface area contributed by atoms with Crippen LogP contribution in [-0.4, -0.2) is 30.1 Å². The van der Waals surface area contributed by atoms with E-state index < -0.39 is 20.7 Å². The van der Waals surface area contributed by atoms with Gasteiger partial charge in [0, 0.05) is 6.20 Å². The summed E-state index contributed by atoms with van der Waals surface area (Å²) in [5.74, 6) is -0.0211. The van der Waals surface area contributed by atoms with Crippen LogP contribution in [0.4, 0.5) is 5.82 Å². The van der Waals surface area contributed by atoms with Crippen molar-refractivity contribution in [2.24, 2.45) is 0 Å². The summed E-state index contributed by atoms with van der Waals surface area (Å²) in [6, 6.07) is 2.96. The number of rotatable bonds is 4. The minimum absolute atomic E-state index is 0.0211. The molecule has 1 rings (SSSR count). The summed E-state index contributed by atoms with van der Waals surface area (Å²) in [5, 5.41) is 2.05. The molecule has 0 bridgehead atoms. The quantitative estimate of drug-likeness (QED) is 0.501. The summed E-state index contributed by atoms with van der Waals surface area (Å²) in [4.78, 5) is 39.2. The molecule has 1 aromatic heterocycles. The van der Waals surface area contributed by atoms with Gasteiger partial charge < -0.3 is 24.9 Å². The van der Waals surface area contributed by atoms with E-state index in [1.165, 1.54) is 12.3 Å². The Labute approximate surface area is 97.0 Å². The van der Waals surface area contributed by atoms with Crippen LogP contribution in [0.2, 0.25) is 0 Å². The Bertz CT molecular complexity index is 456. The van der Waals surface area contributed by atoms with Crippen molar-refractivity contribution in [3.8, 4) is 0 Å². The molecule has 0 unspecified atom stereocenters. The first-order valence-corrected chi connectivity index (χ1v) is 7.76. The van der Waals surface area contributed by atoms with Crippen LogP contribution >= 0.6 is 15.2 Å². The average molecular weight is 282 g/mol. The molecule has 96 valence electrons. The molecule has 0 fully saturated rings. The lowest BCUT2D eigenvalue weighted by atomic mass is 10.3. The molecule has 0 saturated carbocycles. The first-order chi connectivity index (χ1) is 7.60. The van der Waals surface area contributed by atoms with E-state index in [2.05, 4.69) is 4.98 Å². The molecule has 0 saturated heterocycles. The van der Waals surface area contributed by atoms with Crippen molar-refractivity contribution in [2.45, 2.75) is 12.4 Å². The maximum Gasteiger partial charge on any atom is 0.360 e. The van der Waals surface area contributed by atoms with Crippen LogP contribution < -0.4 is 5.32 Å². The van der Waals surface area contributed by atoms with E-state index in [0.29, 0.717) is 0 Å². The van der Waals surface area contributed by atoms with Crippen molar-refractivity contribution >= 4 is 21.0 Å². The van der Waals surface area contributed by atoms with Crippen LogP contribution in [0.25, 0.3) is 0 Å². The van der Waals surface area contributed by atoms with Gasteiger partial charge in [-0.2, -0.15) is 0 Å². The van der Waals surface area contributed by atoms with Crippen LogP contribution in [-0.2, 0) is 9.13 Å². The predicted octanol–water partition coefficient (Wildman–Crippen LogP) is 0.441. The van der Waals surface area contributed by atoms with Crippen molar-refractivity contribution < 1.29 is 28.7 Å². The summed E-state index contributed by atoms with van der Waals surface area (Å²) in [6.07, 6.45) is 1.40. The standard InChI is InChI=1S/C7H12N2O6P2/c1-5-2-3-6(8-4-5)9-7(16(10,11)12)17(13,14)15/h2-4,7H,1H3,(H,8,9)(H2,10,11,12)(H2,13,14,15). The first-order valence-electron chi connectivity index (χ1n) is 4.40. The number of aromatic nitrogens is 1. The van der Waals surface area contributed by atoms with Crippen molar-refractivity contribution in [3.05, 3.63) is 23.9 Å². The maximum atomic E-state index is 11.0. The van der Waals surface area contributed by atoms with Gasteiger partial charge in [0.25, 0.3) is 0 Å². The smallest absolute Gasteiger partial charge is 0.346 e. The highest BCUT2D eigenvalue weighted by Gasteiger charge is 2.43. The molecule has 1 aromatic rings. The zero-order chi connectivity index (χ0) is 13.3. The van der Waals surface area contributed by atoms with E-state index in [1.54, 1.807) is 13.0 Å². The monoisotopic (exact) mass is 282 g/mol. The lowest BCUT2D eigenvalue weighted by molar-refractivity contribution is 0.343. The molecule has 8 nitrogen and oxygen atoms in total. The second-order valence-corrected chi connectivity index (χ2v) is 7.21. The highest BCUT2D eigenvalue weighted by atomic mass is 31.2. The molecule has 0 aliphatic rings. The summed E-state index contributed by atoms with van der Waals surface area (Å²) >= 11 is 0. The molecule has 0 aliphatic carbocycles. The third-order valence-corrected chi connectivity index (χ3v) is 5.16. The van der Waals surface area contributed by atoms with E-state index in [1.807, 2.05) is 5.32 Å². The van der Waals surface area contributed by atoms with Crippen molar-refractivity contribution in [3.63, 3.8) is 0 Å². The number of anilines is 1. The SMILES string of the molecule is Cc1ccc(NC(P(=O)(O)O)P(=O)(O)O)nc1. The minimum atomic E-state index is -4.99. The van der Waals surface area contributed by atoms with Gasteiger partial charge in [-0.05, 0) is 18.6 Å². The average Bonchev–Trinajstić information content (AvgIpc) is 2.13. The second-order valence-electron chi connectivity index (χ2n) is 3.42. The van der Waals surface area contributed by atoms with Gasteiger partial charge in [-0.25, -0.2) is 4.98 Å². The van der Waals surface area contributed by atoms with Crippen LogP contribution in [0.15, 0.2) is 18.3 Å². The van der Waals surface area contributed by atoms with Crippen LogP contribution in [0.1, 0.15) is 5.56 Å². The Morgan fingerprint density at radius 3 is 2.06 bits per heavy atom. The number of nitrogens with one attached hydrogen (secondary N) is 1. The molecule has 10 heteroatoms. The molecule has 5 N–H and O–H groups in total. The van der Waals surface area contributed by atoms with Crippen LogP contribution in [0.3, 0.4) is 0 Å². The fourth-order valence-electron chi connectivity index (χ4n) is 1.05. The van der Waals surface area contributed by atoms with Gasteiger partial charge in [0.05, 0.1) is 0 Å². The Morgan fingerprint density at radius 2 is 1.71 bits per heavy atom. The molecular formula is C7H12N2O6P2. The second kappa shape index (κ2) is 4.86. The number of hydrogen-bond donors (Lipinski definition) is 5. The third-order valence-electron chi connectivity index (χ3n) is 1.83. The number of pyridine rings is 1. The van der Waals surface area contributed by atoms with Gasteiger partial charge in [0.2, 0.25) is 5.52 Å². The molecule has 0 aromatic carbocycles. The van der Waals surface area contributed by atoms with E-state index in [4.69, 9.17) is 19.6 Å². The molecule has 0 spiro atoms. The van der Waals surface area contributed by atoms with Crippen molar-refractivity contribution in [1.29, 1.82) is 0 Å². The fraction of sp³-hybridized carbons (Fsp3) is 0.286. The largest absolute Gasteiger partial charge is 0.360 e. The van der Waals surface area contributed by atoms with E-state index in [0.717, 1.165) is 5.56 Å². The summed E-state index contributed by atoms with van der Waals surface area (Å²) in [5.41, 5.74) is -1.48. The minimum Gasteiger partial charge on any atom is -0.346 e. The maximum absolute atomic E-state index is 11.0. The van der Waals surface area contributed by atoms with Gasteiger partial charge in [-0.3, -0.25) is 9.13 Å². The Kier molecular flexibility index (Phi) is 4.09. The number of nitrogens with zero attached hydrogens (tertiary/aromatic N) is 1. The molecular weight excluding hydrogens is 270 g/mol. The lowest BCUT2D eigenvalue weighted by Gasteiger charge is -2.21. The highest BCUT2D eigenvalue weighted by molar-refractivity contribution is 7.71. The number of hydrogen-bond acceptors (Lipinski definition) is 4. The third kappa shape index (κ3) is 4.20. The van der Waals surface area contributed by atoms with E-state index in [-0.39, 0.29) is 5.82 Å². The van der Waals surface area contributed by atoms with E-state index in [9.17, 15) is 9.13 Å². The van der Waals surface area contributed by atoms with Gasteiger partial charge in [0.15, 0.2) is 0 Å². The molecule has 0 radical (unpaired) electrons. The topological polar surface area (TPSA) is 140 Å². The Balaban J connectivity index is 3.00. The lowest BCUT2D eigenvalue weighted by Crippen LogP contribution is -2.20. The summed E-state index contributed by atoms with van der Waals surface area (Å²) < 4.78 is 21.9. The molecule has 0 aliphatic heterocycles. The normalized spacial score (nSPS) is 12.8. The Hall–Kier alpha value is -0.750. The fourth-order valence-corrected chi connectivity index (χ4v) is 3.22. The molecule has 0 atom stereocenters. The molecule has 1 heterocycles. The molecule has 0 amide bonds. The van der Waals surface area contributed by atoms with Gasteiger partial charge >= 0.3 is 15.2 Å². The first kappa shape index (κ1) is 14.3. The molecule has 17 heavy (non-hydrogen) atoms. The van der Waals surface area contributed by atoms with Crippen molar-refractivity contribution in [1.82, 2.24) is 4.98 Å². The van der Waals surface area contributed by atoms with Crippen LogP contribution in [0.5, 0.6) is 0 Å². The van der Waals surface area contributed by atoms with Crippen LogP contribution in [0, 0.1) is 6.92 Å². The number of aryl methyl sites for hydroxylation is 1. The van der Waals surface area contributed by atoms with Gasteiger partial charge in [-0.15, -0.1) is 0 Å². The zero-order valence-corrected chi connectivity index (χ0v) is 10.5. The van der Waals surface area contributed by atoms with Gasteiger partial charge in [-0.1, -0.05) is 6.07 Å².